The maximum Gasteiger partial charge on any atom is 0.406 e. The molecule has 0 bridgehead atoms. The van der Waals surface area contributed by atoms with E-state index < -0.39 is 37.1 Å². The number of aliphatic carboxylic acids is 1. The summed E-state index contributed by atoms with van der Waals surface area (Å²) in [4.78, 5) is 23.2. The quantitative estimate of drug-likeness (QED) is 0.924. The van der Waals surface area contributed by atoms with Gasteiger partial charge in [-0.05, 0) is 24.0 Å². The van der Waals surface area contributed by atoms with Gasteiger partial charge in [0.25, 0.3) is 0 Å². The summed E-state index contributed by atoms with van der Waals surface area (Å²) in [7, 11) is 0. The van der Waals surface area contributed by atoms with E-state index >= 15 is 0 Å². The second-order valence-corrected chi connectivity index (χ2v) is 5.08. The molecule has 0 fully saturated rings. The van der Waals surface area contributed by atoms with Crippen LogP contribution in [0, 0.1) is 5.92 Å². The minimum atomic E-state index is -4.61. The first-order valence-electron chi connectivity index (χ1n) is 6.40. The summed E-state index contributed by atoms with van der Waals surface area (Å²) in [5.74, 6) is -2.84. The molecule has 7 heteroatoms. The van der Waals surface area contributed by atoms with E-state index in [0.717, 1.165) is 11.1 Å². The van der Waals surface area contributed by atoms with Crippen molar-refractivity contribution in [3.63, 3.8) is 0 Å². The van der Waals surface area contributed by atoms with Crippen LogP contribution in [0.3, 0.4) is 0 Å². The fraction of sp³-hybridized carbons (Fsp3) is 0.429. The summed E-state index contributed by atoms with van der Waals surface area (Å²) >= 11 is 0. The topological polar surface area (TPSA) is 57.6 Å². The van der Waals surface area contributed by atoms with Crippen molar-refractivity contribution in [1.82, 2.24) is 4.90 Å². The highest BCUT2D eigenvalue weighted by Gasteiger charge is 2.37. The molecule has 0 spiro atoms. The lowest BCUT2D eigenvalue weighted by Gasteiger charge is -2.24. The summed E-state index contributed by atoms with van der Waals surface area (Å²) < 4.78 is 37.4. The molecule has 0 unspecified atom stereocenters. The van der Waals surface area contributed by atoms with Gasteiger partial charge in [0.05, 0.1) is 0 Å². The fourth-order valence-electron chi connectivity index (χ4n) is 2.58. The lowest BCUT2D eigenvalue weighted by molar-refractivity contribution is -0.167. The monoisotopic (exact) mass is 301 g/mol. The van der Waals surface area contributed by atoms with Gasteiger partial charge in [0.1, 0.15) is 13.1 Å². The highest BCUT2D eigenvalue weighted by Crippen LogP contribution is 2.28. The van der Waals surface area contributed by atoms with Gasteiger partial charge in [-0.25, -0.2) is 0 Å². The molecule has 0 atom stereocenters. The number of carbonyl (C=O) groups is 2. The van der Waals surface area contributed by atoms with Gasteiger partial charge in [-0.1, -0.05) is 24.3 Å². The number of rotatable bonds is 4. The van der Waals surface area contributed by atoms with Crippen LogP contribution in [0.1, 0.15) is 11.1 Å². The third-order valence-corrected chi connectivity index (χ3v) is 3.41. The van der Waals surface area contributed by atoms with Crippen molar-refractivity contribution in [2.45, 2.75) is 19.0 Å². The first-order valence-corrected chi connectivity index (χ1v) is 6.40. The number of fused-ring (bicyclic) bond motifs is 1. The Kier molecular flexibility index (Phi) is 4.20. The van der Waals surface area contributed by atoms with Gasteiger partial charge in [-0.2, -0.15) is 13.2 Å². The summed E-state index contributed by atoms with van der Waals surface area (Å²) in [6.45, 7) is -2.48. The van der Waals surface area contributed by atoms with E-state index in [4.69, 9.17) is 5.11 Å². The fourth-order valence-corrected chi connectivity index (χ4v) is 2.58. The minimum Gasteiger partial charge on any atom is -0.480 e. The van der Waals surface area contributed by atoms with Crippen LogP contribution in [0.2, 0.25) is 0 Å². The van der Waals surface area contributed by atoms with Gasteiger partial charge in [-0.15, -0.1) is 0 Å². The van der Waals surface area contributed by atoms with Gasteiger partial charge >= 0.3 is 12.1 Å². The van der Waals surface area contributed by atoms with Crippen molar-refractivity contribution in [2.24, 2.45) is 5.92 Å². The predicted molar refractivity (Wildman–Crippen MR) is 67.6 cm³/mol. The second-order valence-electron chi connectivity index (χ2n) is 5.08. The van der Waals surface area contributed by atoms with Crippen molar-refractivity contribution in [3.8, 4) is 0 Å². The number of carboxylic acids is 1. The number of carboxylic acid groups (broad SMARTS) is 1. The maximum atomic E-state index is 12.5. The predicted octanol–water partition coefficient (Wildman–Crippen LogP) is 1.88. The van der Waals surface area contributed by atoms with E-state index in [0.29, 0.717) is 17.7 Å². The average Bonchev–Trinajstić information content (AvgIpc) is 2.78. The maximum absolute atomic E-state index is 12.5. The summed E-state index contributed by atoms with van der Waals surface area (Å²) in [5, 5.41) is 8.68. The number of benzene rings is 1. The first kappa shape index (κ1) is 15.3. The molecule has 21 heavy (non-hydrogen) atoms. The smallest absolute Gasteiger partial charge is 0.406 e. The number of carbonyl (C=O) groups excluding carboxylic acids is 1. The Hall–Kier alpha value is -2.05. The molecule has 0 aliphatic heterocycles. The Morgan fingerprint density at radius 1 is 1.19 bits per heavy atom. The summed E-state index contributed by atoms with van der Waals surface area (Å²) in [5.41, 5.74) is 1.86. The van der Waals surface area contributed by atoms with Crippen molar-refractivity contribution >= 4 is 11.9 Å². The van der Waals surface area contributed by atoms with Crippen LogP contribution in [-0.4, -0.2) is 41.1 Å². The van der Waals surface area contributed by atoms with E-state index in [1.807, 2.05) is 12.1 Å². The van der Waals surface area contributed by atoms with E-state index in [-0.39, 0.29) is 0 Å². The molecule has 114 valence electrons. The number of halogens is 3. The van der Waals surface area contributed by atoms with E-state index in [9.17, 15) is 22.8 Å². The SMILES string of the molecule is O=C(O)CN(CC(F)(F)F)C(=O)C1Cc2ccccc2C1. The molecule has 0 radical (unpaired) electrons. The van der Waals surface area contributed by atoms with Crippen LogP contribution in [0.4, 0.5) is 13.2 Å². The van der Waals surface area contributed by atoms with E-state index in [2.05, 4.69) is 0 Å². The largest absolute Gasteiger partial charge is 0.480 e. The zero-order valence-corrected chi connectivity index (χ0v) is 11.1. The molecule has 2 rings (SSSR count). The average molecular weight is 301 g/mol. The summed E-state index contributed by atoms with van der Waals surface area (Å²) in [6.07, 6.45) is -3.91. The molecule has 1 aliphatic rings. The van der Waals surface area contributed by atoms with Gasteiger partial charge in [0.15, 0.2) is 0 Å². The molecule has 1 aromatic rings. The molecular weight excluding hydrogens is 287 g/mol. The molecule has 0 saturated heterocycles. The Bertz CT molecular complexity index is 532. The molecule has 0 aromatic heterocycles. The van der Waals surface area contributed by atoms with E-state index in [1.54, 1.807) is 12.1 Å². The van der Waals surface area contributed by atoms with Crippen LogP contribution < -0.4 is 0 Å². The van der Waals surface area contributed by atoms with Crippen molar-refractivity contribution in [2.75, 3.05) is 13.1 Å². The molecule has 4 nitrogen and oxygen atoms in total. The molecule has 0 heterocycles. The third-order valence-electron chi connectivity index (χ3n) is 3.41. The van der Waals surface area contributed by atoms with Crippen molar-refractivity contribution < 1.29 is 27.9 Å². The Balaban J connectivity index is 2.11. The third kappa shape index (κ3) is 3.96. The van der Waals surface area contributed by atoms with Crippen molar-refractivity contribution in [1.29, 1.82) is 0 Å². The number of nitrogens with zero attached hydrogens (tertiary/aromatic N) is 1. The molecule has 1 N–H and O–H groups in total. The number of hydrogen-bond acceptors (Lipinski definition) is 2. The second kappa shape index (κ2) is 5.75. The van der Waals surface area contributed by atoms with Gasteiger partial charge in [0, 0.05) is 5.92 Å². The number of hydrogen-bond donors (Lipinski definition) is 1. The van der Waals surface area contributed by atoms with Gasteiger partial charge in [-0.3, -0.25) is 9.59 Å². The minimum absolute atomic E-state index is 0.350. The zero-order chi connectivity index (χ0) is 15.6. The Labute approximate surface area is 119 Å². The Morgan fingerprint density at radius 2 is 1.71 bits per heavy atom. The first-order chi connectivity index (χ1) is 9.76. The molecule has 0 saturated carbocycles. The van der Waals surface area contributed by atoms with Gasteiger partial charge < -0.3 is 10.0 Å². The van der Waals surface area contributed by atoms with Gasteiger partial charge in [0.2, 0.25) is 5.91 Å². The van der Waals surface area contributed by atoms with Crippen LogP contribution >= 0.6 is 0 Å². The van der Waals surface area contributed by atoms with Crippen LogP contribution in [0.5, 0.6) is 0 Å². The number of alkyl halides is 3. The standard InChI is InChI=1S/C14H14F3NO3/c15-14(16,17)8-18(7-12(19)20)13(21)11-5-9-3-1-2-4-10(9)6-11/h1-4,11H,5-8H2,(H,19,20). The van der Waals surface area contributed by atoms with Crippen molar-refractivity contribution in [3.05, 3.63) is 35.4 Å². The highest BCUT2D eigenvalue weighted by atomic mass is 19.4. The van der Waals surface area contributed by atoms with Crippen LogP contribution in [0.15, 0.2) is 24.3 Å². The Morgan fingerprint density at radius 3 is 2.14 bits per heavy atom. The van der Waals surface area contributed by atoms with Crippen LogP contribution in [-0.2, 0) is 22.4 Å². The van der Waals surface area contributed by atoms with E-state index in [1.165, 1.54) is 0 Å². The summed E-state index contributed by atoms with van der Waals surface area (Å²) in [6, 6.07) is 7.26. The lowest BCUT2D eigenvalue weighted by Crippen LogP contribution is -2.45. The molecule has 1 aromatic carbocycles. The lowest BCUT2D eigenvalue weighted by atomic mass is 10.0. The van der Waals surface area contributed by atoms with Crippen LogP contribution in [0.25, 0.3) is 0 Å². The highest BCUT2D eigenvalue weighted by molar-refractivity contribution is 5.84. The molecule has 1 aliphatic carbocycles. The number of amides is 1. The zero-order valence-electron chi connectivity index (χ0n) is 11.1. The normalized spacial score (nSPS) is 14.8. The molecule has 1 amide bonds. The molecular formula is C14H14F3NO3.